The van der Waals surface area contributed by atoms with Gasteiger partial charge in [-0.2, -0.15) is 0 Å². The molecule has 0 heterocycles. The summed E-state index contributed by atoms with van der Waals surface area (Å²) < 4.78 is 0. The summed E-state index contributed by atoms with van der Waals surface area (Å²) >= 11 is 5.79. The van der Waals surface area contributed by atoms with E-state index in [4.69, 9.17) is 11.6 Å². The maximum Gasteiger partial charge on any atom is 0.187 e. The summed E-state index contributed by atoms with van der Waals surface area (Å²) in [5.41, 5.74) is -0.619. The highest BCUT2D eigenvalue weighted by molar-refractivity contribution is 6.32. The third-order valence-electron chi connectivity index (χ3n) is 1.90. The van der Waals surface area contributed by atoms with Gasteiger partial charge in [0.1, 0.15) is 0 Å². The van der Waals surface area contributed by atoms with Gasteiger partial charge in [0.15, 0.2) is 5.78 Å². The first-order valence-electron chi connectivity index (χ1n) is 4.60. The number of benzene rings is 1. The summed E-state index contributed by atoms with van der Waals surface area (Å²) in [6.45, 7) is 3.06. The van der Waals surface area contributed by atoms with Gasteiger partial charge in [-0.25, -0.2) is 0 Å². The SMILES string of the molecule is CC(C)(O)/C(Cl)=C/C(=O)c1ccccc1. The molecule has 15 heavy (non-hydrogen) atoms. The van der Waals surface area contributed by atoms with E-state index in [1.54, 1.807) is 24.3 Å². The van der Waals surface area contributed by atoms with Crippen molar-refractivity contribution in [2.45, 2.75) is 19.4 Å². The van der Waals surface area contributed by atoms with E-state index < -0.39 is 5.60 Å². The quantitative estimate of drug-likeness (QED) is 0.633. The third-order valence-corrected chi connectivity index (χ3v) is 2.47. The van der Waals surface area contributed by atoms with E-state index in [1.165, 1.54) is 19.9 Å². The van der Waals surface area contributed by atoms with Gasteiger partial charge < -0.3 is 5.11 Å². The zero-order valence-corrected chi connectivity index (χ0v) is 9.45. The number of carbonyl (C=O) groups excluding carboxylic acids is 1. The molecular weight excluding hydrogens is 212 g/mol. The van der Waals surface area contributed by atoms with Crippen LogP contribution in [0.5, 0.6) is 0 Å². The molecule has 1 aromatic carbocycles. The van der Waals surface area contributed by atoms with Crippen LogP contribution in [0.15, 0.2) is 41.4 Å². The normalized spacial score (nSPS) is 12.7. The summed E-state index contributed by atoms with van der Waals surface area (Å²) in [7, 11) is 0. The van der Waals surface area contributed by atoms with E-state index in [0.717, 1.165) is 0 Å². The van der Waals surface area contributed by atoms with Crippen LogP contribution in [0.4, 0.5) is 0 Å². The van der Waals surface area contributed by atoms with Crippen molar-refractivity contribution in [3.63, 3.8) is 0 Å². The largest absolute Gasteiger partial charge is 0.385 e. The molecule has 80 valence electrons. The molecule has 0 unspecified atom stereocenters. The van der Waals surface area contributed by atoms with Crippen molar-refractivity contribution in [3.8, 4) is 0 Å². The van der Waals surface area contributed by atoms with E-state index >= 15 is 0 Å². The van der Waals surface area contributed by atoms with E-state index in [2.05, 4.69) is 0 Å². The minimum absolute atomic E-state index is 0.136. The number of aliphatic hydroxyl groups is 1. The van der Waals surface area contributed by atoms with Crippen LogP contribution in [0.2, 0.25) is 0 Å². The van der Waals surface area contributed by atoms with Crippen LogP contribution in [0.1, 0.15) is 24.2 Å². The minimum Gasteiger partial charge on any atom is -0.385 e. The summed E-state index contributed by atoms with van der Waals surface area (Å²) in [6.07, 6.45) is 1.25. The molecule has 0 aliphatic rings. The van der Waals surface area contributed by atoms with Crippen molar-refractivity contribution in [2.24, 2.45) is 0 Å². The van der Waals surface area contributed by atoms with Crippen molar-refractivity contribution in [3.05, 3.63) is 47.0 Å². The smallest absolute Gasteiger partial charge is 0.187 e. The maximum atomic E-state index is 11.6. The molecule has 0 aromatic heterocycles. The Hall–Kier alpha value is -1.12. The molecule has 0 saturated heterocycles. The Labute approximate surface area is 94.2 Å². The van der Waals surface area contributed by atoms with Crippen molar-refractivity contribution < 1.29 is 9.90 Å². The first-order valence-corrected chi connectivity index (χ1v) is 4.98. The van der Waals surface area contributed by atoms with Crippen molar-refractivity contribution in [1.29, 1.82) is 0 Å². The summed E-state index contributed by atoms with van der Waals surface area (Å²) in [5.74, 6) is -0.206. The predicted octanol–water partition coefficient (Wildman–Crippen LogP) is 2.76. The second kappa shape index (κ2) is 4.60. The Kier molecular flexibility index (Phi) is 3.66. The molecule has 3 heteroatoms. The molecule has 1 aromatic rings. The van der Waals surface area contributed by atoms with E-state index in [-0.39, 0.29) is 10.8 Å². The Morgan fingerprint density at radius 2 is 1.87 bits per heavy atom. The fourth-order valence-electron chi connectivity index (χ4n) is 0.977. The molecule has 0 spiro atoms. The fraction of sp³-hybridized carbons (Fsp3) is 0.250. The average Bonchev–Trinajstić information content (AvgIpc) is 2.17. The van der Waals surface area contributed by atoms with E-state index in [1.807, 2.05) is 6.07 Å². The van der Waals surface area contributed by atoms with Gasteiger partial charge in [0.2, 0.25) is 0 Å². The highest BCUT2D eigenvalue weighted by Gasteiger charge is 2.18. The van der Waals surface area contributed by atoms with Gasteiger partial charge in [-0.15, -0.1) is 0 Å². The third kappa shape index (κ3) is 3.50. The number of rotatable bonds is 3. The lowest BCUT2D eigenvalue weighted by atomic mass is 10.1. The average molecular weight is 225 g/mol. The molecule has 0 aliphatic carbocycles. The molecule has 0 bridgehead atoms. The first kappa shape index (κ1) is 12.0. The molecule has 2 nitrogen and oxygen atoms in total. The second-order valence-electron chi connectivity index (χ2n) is 3.78. The summed E-state index contributed by atoms with van der Waals surface area (Å²) in [5, 5.41) is 9.67. The highest BCUT2D eigenvalue weighted by atomic mass is 35.5. The number of hydrogen-bond acceptors (Lipinski definition) is 2. The van der Waals surface area contributed by atoms with Gasteiger partial charge in [-0.3, -0.25) is 4.79 Å². The van der Waals surface area contributed by atoms with Crippen molar-refractivity contribution >= 4 is 17.4 Å². The van der Waals surface area contributed by atoms with Crippen LogP contribution < -0.4 is 0 Å². The lowest BCUT2D eigenvalue weighted by molar-refractivity contribution is 0.103. The van der Waals surface area contributed by atoms with Gasteiger partial charge in [-0.05, 0) is 13.8 Å². The van der Waals surface area contributed by atoms with Gasteiger partial charge in [0.05, 0.1) is 10.6 Å². The predicted molar refractivity (Wildman–Crippen MR) is 61.0 cm³/mol. The van der Waals surface area contributed by atoms with Crippen LogP contribution in [0, 0.1) is 0 Å². The lowest BCUT2D eigenvalue weighted by Crippen LogP contribution is -2.19. The van der Waals surface area contributed by atoms with Crippen LogP contribution in [0.25, 0.3) is 0 Å². The molecule has 1 rings (SSSR count). The fourth-order valence-corrected chi connectivity index (χ4v) is 1.08. The molecule has 0 saturated carbocycles. The number of halogens is 1. The lowest BCUT2D eigenvalue weighted by Gasteiger charge is -2.15. The molecular formula is C12H13ClO2. The maximum absolute atomic E-state index is 11.6. The molecule has 0 radical (unpaired) electrons. The van der Waals surface area contributed by atoms with Crippen molar-refractivity contribution in [2.75, 3.05) is 0 Å². The molecule has 0 atom stereocenters. The van der Waals surface area contributed by atoms with Crippen LogP contribution >= 0.6 is 11.6 Å². The van der Waals surface area contributed by atoms with Gasteiger partial charge in [0.25, 0.3) is 0 Å². The van der Waals surface area contributed by atoms with E-state index in [9.17, 15) is 9.90 Å². The zero-order chi connectivity index (χ0) is 11.5. The summed E-state index contributed by atoms with van der Waals surface area (Å²) in [4.78, 5) is 11.6. The van der Waals surface area contributed by atoms with Gasteiger partial charge in [-0.1, -0.05) is 41.9 Å². The minimum atomic E-state index is -1.17. The topological polar surface area (TPSA) is 37.3 Å². The van der Waals surface area contributed by atoms with Gasteiger partial charge in [0, 0.05) is 11.6 Å². The number of ketones is 1. The van der Waals surface area contributed by atoms with Crippen LogP contribution in [-0.4, -0.2) is 16.5 Å². The molecule has 0 fully saturated rings. The summed E-state index contributed by atoms with van der Waals surface area (Å²) in [6, 6.07) is 8.79. The van der Waals surface area contributed by atoms with Gasteiger partial charge >= 0.3 is 0 Å². The molecule has 0 amide bonds. The number of allylic oxidation sites excluding steroid dienone is 1. The Bertz CT molecular complexity index is 374. The molecule has 0 aliphatic heterocycles. The first-order chi connectivity index (χ1) is 6.91. The standard InChI is InChI=1S/C12H13ClO2/c1-12(2,15)11(13)8-10(14)9-6-4-3-5-7-9/h3-8,15H,1-2H3/b11-8-. The van der Waals surface area contributed by atoms with E-state index in [0.29, 0.717) is 5.56 Å². The Balaban J connectivity index is 2.90. The highest BCUT2D eigenvalue weighted by Crippen LogP contribution is 2.20. The number of hydrogen-bond donors (Lipinski definition) is 1. The van der Waals surface area contributed by atoms with Crippen LogP contribution in [-0.2, 0) is 0 Å². The monoisotopic (exact) mass is 224 g/mol. The second-order valence-corrected chi connectivity index (χ2v) is 4.19. The zero-order valence-electron chi connectivity index (χ0n) is 8.70. The van der Waals surface area contributed by atoms with Crippen LogP contribution in [0.3, 0.4) is 0 Å². The van der Waals surface area contributed by atoms with Crippen molar-refractivity contribution in [1.82, 2.24) is 0 Å². The number of carbonyl (C=O) groups is 1. The Morgan fingerprint density at radius 3 is 2.33 bits per heavy atom. The molecule has 1 N–H and O–H groups in total. The Morgan fingerprint density at radius 1 is 1.33 bits per heavy atom.